The molecule has 1 aromatic rings. The van der Waals surface area contributed by atoms with Crippen molar-refractivity contribution in [1.29, 1.82) is 0 Å². The van der Waals surface area contributed by atoms with Gasteiger partial charge in [0.05, 0.1) is 12.7 Å². The predicted molar refractivity (Wildman–Crippen MR) is 65.7 cm³/mol. The van der Waals surface area contributed by atoms with Crippen molar-refractivity contribution in [3.05, 3.63) is 29.3 Å². The Morgan fingerprint density at radius 2 is 2.19 bits per heavy atom. The van der Waals surface area contributed by atoms with Gasteiger partial charge in [0, 0.05) is 18.5 Å². The number of benzene rings is 1. The Balaban J connectivity index is 2.63. The third kappa shape index (κ3) is 4.21. The van der Waals surface area contributed by atoms with E-state index < -0.39 is 0 Å². The number of ether oxygens (including phenoxy) is 1. The normalized spacial score (nSPS) is 12.5. The minimum Gasteiger partial charge on any atom is -0.493 e. The Bertz CT molecular complexity index is 324. The second-order valence-electron chi connectivity index (χ2n) is 4.13. The van der Waals surface area contributed by atoms with Crippen molar-refractivity contribution in [2.75, 3.05) is 13.7 Å². The van der Waals surface area contributed by atoms with Gasteiger partial charge in [0.25, 0.3) is 0 Å². The molecule has 0 heterocycles. The second-order valence-corrected chi connectivity index (χ2v) is 4.13. The van der Waals surface area contributed by atoms with Crippen LogP contribution in [0.3, 0.4) is 0 Å². The molecule has 1 unspecified atom stereocenters. The highest BCUT2D eigenvalue weighted by molar-refractivity contribution is 5.36. The molecule has 1 rings (SSSR count). The minimum absolute atomic E-state index is 0.307. The molecule has 0 fully saturated rings. The van der Waals surface area contributed by atoms with Crippen molar-refractivity contribution in [3.8, 4) is 5.75 Å². The lowest BCUT2D eigenvalue weighted by Gasteiger charge is -2.12. The summed E-state index contributed by atoms with van der Waals surface area (Å²) in [5.41, 5.74) is 2.39. The topological polar surface area (TPSA) is 41.5 Å². The van der Waals surface area contributed by atoms with Crippen molar-refractivity contribution in [2.45, 2.75) is 32.9 Å². The number of rotatable bonds is 6. The van der Waals surface area contributed by atoms with Gasteiger partial charge in [-0.15, -0.1) is 0 Å². The first kappa shape index (κ1) is 13.0. The van der Waals surface area contributed by atoms with Gasteiger partial charge in [-0.2, -0.15) is 0 Å². The number of hydrogen-bond donors (Lipinski definition) is 2. The van der Waals surface area contributed by atoms with Crippen LogP contribution in [0.1, 0.15) is 24.5 Å². The highest BCUT2D eigenvalue weighted by Gasteiger charge is 2.04. The van der Waals surface area contributed by atoms with Crippen LogP contribution in [0.15, 0.2) is 18.2 Å². The average molecular weight is 223 g/mol. The number of hydrogen-bond acceptors (Lipinski definition) is 3. The summed E-state index contributed by atoms with van der Waals surface area (Å²) in [6, 6.07) is 6.15. The number of aryl methyl sites for hydroxylation is 1. The second kappa shape index (κ2) is 6.51. The van der Waals surface area contributed by atoms with Crippen LogP contribution < -0.4 is 10.1 Å². The Kier molecular flexibility index (Phi) is 5.29. The summed E-state index contributed by atoms with van der Waals surface area (Å²) in [4.78, 5) is 0. The molecule has 0 saturated carbocycles. The van der Waals surface area contributed by atoms with Crippen LogP contribution in [0, 0.1) is 6.92 Å². The third-order valence-corrected chi connectivity index (χ3v) is 2.38. The maximum Gasteiger partial charge on any atom is 0.123 e. The van der Waals surface area contributed by atoms with E-state index in [1.165, 1.54) is 5.56 Å². The molecule has 1 aromatic carbocycles. The molecule has 3 heteroatoms. The minimum atomic E-state index is -0.307. The molecule has 90 valence electrons. The molecule has 0 aliphatic heterocycles. The fourth-order valence-electron chi connectivity index (χ4n) is 1.52. The van der Waals surface area contributed by atoms with Crippen molar-refractivity contribution in [1.82, 2.24) is 5.32 Å². The van der Waals surface area contributed by atoms with Gasteiger partial charge >= 0.3 is 0 Å². The highest BCUT2D eigenvalue weighted by atomic mass is 16.5. The molecular weight excluding hydrogens is 202 g/mol. The monoisotopic (exact) mass is 223 g/mol. The van der Waals surface area contributed by atoms with Crippen LogP contribution in [0.2, 0.25) is 0 Å². The zero-order valence-electron chi connectivity index (χ0n) is 10.3. The summed E-state index contributed by atoms with van der Waals surface area (Å²) in [6.45, 7) is 5.19. The van der Waals surface area contributed by atoms with Crippen LogP contribution in [-0.2, 0) is 6.54 Å². The Labute approximate surface area is 97.4 Å². The smallest absolute Gasteiger partial charge is 0.123 e. The fraction of sp³-hybridized carbons (Fsp3) is 0.538. The maximum absolute atomic E-state index is 9.15. The summed E-state index contributed by atoms with van der Waals surface area (Å²) < 4.78 is 5.66. The molecule has 0 aliphatic carbocycles. The average Bonchev–Trinajstić information content (AvgIpc) is 2.21. The first-order chi connectivity index (χ1) is 7.63. The van der Waals surface area contributed by atoms with Crippen LogP contribution in [0.25, 0.3) is 0 Å². The summed E-state index contributed by atoms with van der Waals surface area (Å²) in [5, 5.41) is 12.3. The van der Waals surface area contributed by atoms with Crippen LogP contribution in [-0.4, -0.2) is 24.9 Å². The van der Waals surface area contributed by atoms with Gasteiger partial charge in [-0.25, -0.2) is 0 Å². The molecule has 1 atom stereocenters. The van der Waals surface area contributed by atoms with E-state index in [0.29, 0.717) is 13.0 Å². The Morgan fingerprint density at radius 3 is 2.81 bits per heavy atom. The maximum atomic E-state index is 9.15. The molecule has 0 aromatic heterocycles. The molecule has 2 N–H and O–H groups in total. The van der Waals surface area contributed by atoms with Crippen molar-refractivity contribution >= 4 is 0 Å². The van der Waals surface area contributed by atoms with Gasteiger partial charge in [-0.05, 0) is 27.0 Å². The number of aliphatic hydroxyl groups excluding tert-OH is 1. The Hall–Kier alpha value is -1.06. The molecular formula is C13H21NO2. The van der Waals surface area contributed by atoms with Crippen molar-refractivity contribution in [2.24, 2.45) is 0 Å². The zero-order valence-corrected chi connectivity index (χ0v) is 10.3. The number of aliphatic hydroxyl groups is 1. The van der Waals surface area contributed by atoms with Crippen molar-refractivity contribution in [3.63, 3.8) is 0 Å². The predicted octanol–water partition coefficient (Wildman–Crippen LogP) is 1.86. The van der Waals surface area contributed by atoms with Gasteiger partial charge in [0.15, 0.2) is 0 Å². The molecule has 0 spiro atoms. The van der Waals surface area contributed by atoms with Gasteiger partial charge in [0.2, 0.25) is 0 Å². The van der Waals surface area contributed by atoms with E-state index in [0.717, 1.165) is 17.9 Å². The van der Waals surface area contributed by atoms with Gasteiger partial charge in [-0.1, -0.05) is 17.7 Å². The largest absolute Gasteiger partial charge is 0.493 e. The SMILES string of the molecule is CNCc1cc(C)ccc1OCCC(C)O. The summed E-state index contributed by atoms with van der Waals surface area (Å²) in [7, 11) is 1.92. The molecule has 16 heavy (non-hydrogen) atoms. The first-order valence-corrected chi connectivity index (χ1v) is 5.68. The van der Waals surface area contributed by atoms with Gasteiger partial charge in [-0.3, -0.25) is 0 Å². The highest BCUT2D eigenvalue weighted by Crippen LogP contribution is 2.20. The van der Waals surface area contributed by atoms with E-state index in [1.807, 2.05) is 19.2 Å². The zero-order chi connectivity index (χ0) is 12.0. The lowest BCUT2D eigenvalue weighted by atomic mass is 10.1. The van der Waals surface area contributed by atoms with E-state index in [2.05, 4.69) is 18.3 Å². The molecule has 0 radical (unpaired) electrons. The Morgan fingerprint density at radius 1 is 1.44 bits per heavy atom. The van der Waals surface area contributed by atoms with E-state index in [1.54, 1.807) is 6.92 Å². The first-order valence-electron chi connectivity index (χ1n) is 5.68. The lowest BCUT2D eigenvalue weighted by molar-refractivity contribution is 0.155. The fourth-order valence-corrected chi connectivity index (χ4v) is 1.52. The standard InChI is InChI=1S/C13H21NO2/c1-10-4-5-13(12(8-10)9-14-3)16-7-6-11(2)15/h4-5,8,11,14-15H,6-7,9H2,1-3H3. The summed E-state index contributed by atoms with van der Waals surface area (Å²) in [6.07, 6.45) is 0.352. The van der Waals surface area contributed by atoms with E-state index in [9.17, 15) is 0 Å². The van der Waals surface area contributed by atoms with E-state index in [4.69, 9.17) is 9.84 Å². The summed E-state index contributed by atoms with van der Waals surface area (Å²) in [5.74, 6) is 0.903. The molecule has 0 saturated heterocycles. The molecule has 0 aliphatic rings. The van der Waals surface area contributed by atoms with E-state index >= 15 is 0 Å². The third-order valence-electron chi connectivity index (χ3n) is 2.38. The van der Waals surface area contributed by atoms with Crippen LogP contribution in [0.5, 0.6) is 5.75 Å². The quantitative estimate of drug-likeness (QED) is 0.773. The molecule has 3 nitrogen and oxygen atoms in total. The van der Waals surface area contributed by atoms with Gasteiger partial charge < -0.3 is 15.2 Å². The van der Waals surface area contributed by atoms with Gasteiger partial charge in [0.1, 0.15) is 5.75 Å². The number of nitrogens with one attached hydrogen (secondary N) is 1. The van der Waals surface area contributed by atoms with Crippen LogP contribution >= 0.6 is 0 Å². The summed E-state index contributed by atoms with van der Waals surface area (Å²) >= 11 is 0. The van der Waals surface area contributed by atoms with Crippen molar-refractivity contribution < 1.29 is 9.84 Å². The lowest BCUT2D eigenvalue weighted by Crippen LogP contribution is -2.11. The molecule has 0 bridgehead atoms. The van der Waals surface area contributed by atoms with E-state index in [-0.39, 0.29) is 6.10 Å². The molecule has 0 amide bonds. The van der Waals surface area contributed by atoms with Crippen LogP contribution in [0.4, 0.5) is 0 Å².